The maximum Gasteiger partial charge on any atom is 0.327 e. The van der Waals surface area contributed by atoms with Crippen molar-refractivity contribution in [2.24, 2.45) is 0 Å². The van der Waals surface area contributed by atoms with Gasteiger partial charge in [0.05, 0.1) is 0 Å². The van der Waals surface area contributed by atoms with Gasteiger partial charge in [0.15, 0.2) is 0 Å². The van der Waals surface area contributed by atoms with Crippen LogP contribution in [0.25, 0.3) is 0 Å². The summed E-state index contributed by atoms with van der Waals surface area (Å²) in [4.78, 5) is 38.1. The molecule has 2 aromatic carbocycles. The number of likely N-dealkylation sites (N-methyl/N-ethyl adjacent to an activating group) is 1. The molecule has 6 nitrogen and oxygen atoms in total. The Kier molecular flexibility index (Phi) is 5.86. The third-order valence-electron chi connectivity index (χ3n) is 4.69. The van der Waals surface area contributed by atoms with Gasteiger partial charge in [-0.25, -0.2) is 4.79 Å². The summed E-state index contributed by atoms with van der Waals surface area (Å²) in [5.41, 5.74) is 2.37. The van der Waals surface area contributed by atoms with Crippen LogP contribution in [0.15, 0.2) is 60.7 Å². The van der Waals surface area contributed by atoms with Crippen LogP contribution in [0.3, 0.4) is 0 Å². The molecule has 1 aliphatic rings. The van der Waals surface area contributed by atoms with E-state index in [9.17, 15) is 14.4 Å². The van der Waals surface area contributed by atoms with Gasteiger partial charge in [-0.3, -0.25) is 14.5 Å². The average molecular weight is 365 g/mol. The summed E-state index contributed by atoms with van der Waals surface area (Å²) in [5.74, 6) is -0.509. The predicted molar refractivity (Wildman–Crippen MR) is 102 cm³/mol. The number of hydrogen-bond acceptors (Lipinski definition) is 3. The molecule has 0 bridgehead atoms. The van der Waals surface area contributed by atoms with Gasteiger partial charge in [0.2, 0.25) is 5.91 Å². The minimum absolute atomic E-state index is 0.0240. The molecule has 1 aliphatic heterocycles. The summed E-state index contributed by atoms with van der Waals surface area (Å²) in [5, 5.41) is 2.83. The highest BCUT2D eigenvalue weighted by Crippen LogP contribution is 2.27. The van der Waals surface area contributed by atoms with Crippen molar-refractivity contribution in [1.82, 2.24) is 15.1 Å². The van der Waals surface area contributed by atoms with Crippen LogP contribution < -0.4 is 5.32 Å². The first-order valence-corrected chi connectivity index (χ1v) is 8.98. The SMILES string of the molecule is CN1CC(=O)N(CC(=O)NCCC(c2ccccc2)c2ccccc2)C1=O. The molecule has 1 heterocycles. The van der Waals surface area contributed by atoms with E-state index in [0.717, 1.165) is 11.3 Å². The van der Waals surface area contributed by atoms with Gasteiger partial charge in [-0.05, 0) is 17.5 Å². The van der Waals surface area contributed by atoms with Crippen LogP contribution >= 0.6 is 0 Å². The van der Waals surface area contributed by atoms with Gasteiger partial charge in [-0.15, -0.1) is 0 Å². The number of nitrogens with zero attached hydrogens (tertiary/aromatic N) is 2. The van der Waals surface area contributed by atoms with Crippen LogP contribution in [0.2, 0.25) is 0 Å². The number of benzene rings is 2. The topological polar surface area (TPSA) is 69.7 Å². The van der Waals surface area contributed by atoms with Gasteiger partial charge in [0.1, 0.15) is 13.1 Å². The van der Waals surface area contributed by atoms with Crippen LogP contribution in [0.4, 0.5) is 4.79 Å². The third kappa shape index (κ3) is 4.53. The summed E-state index contributed by atoms with van der Waals surface area (Å²) in [6, 6.07) is 19.9. The van der Waals surface area contributed by atoms with E-state index < -0.39 is 6.03 Å². The quantitative estimate of drug-likeness (QED) is 0.765. The molecule has 0 aromatic heterocycles. The molecule has 0 unspecified atom stereocenters. The lowest BCUT2D eigenvalue weighted by Gasteiger charge is -2.19. The van der Waals surface area contributed by atoms with Crippen molar-refractivity contribution in [2.45, 2.75) is 12.3 Å². The van der Waals surface area contributed by atoms with E-state index in [2.05, 4.69) is 29.6 Å². The second-order valence-electron chi connectivity index (χ2n) is 6.63. The van der Waals surface area contributed by atoms with Crippen molar-refractivity contribution in [2.75, 3.05) is 26.7 Å². The van der Waals surface area contributed by atoms with Crippen molar-refractivity contribution < 1.29 is 14.4 Å². The highest BCUT2D eigenvalue weighted by atomic mass is 16.2. The van der Waals surface area contributed by atoms with Crippen LogP contribution in [0.1, 0.15) is 23.5 Å². The lowest BCUT2D eigenvalue weighted by atomic mass is 9.88. The zero-order valence-corrected chi connectivity index (χ0v) is 15.3. The van der Waals surface area contributed by atoms with Gasteiger partial charge < -0.3 is 10.2 Å². The fourth-order valence-corrected chi connectivity index (χ4v) is 3.28. The van der Waals surface area contributed by atoms with Crippen LogP contribution in [0.5, 0.6) is 0 Å². The first kappa shape index (κ1) is 18.6. The van der Waals surface area contributed by atoms with E-state index in [-0.39, 0.29) is 30.8 Å². The summed E-state index contributed by atoms with van der Waals surface area (Å²) < 4.78 is 0. The number of nitrogens with one attached hydrogen (secondary N) is 1. The maximum atomic E-state index is 12.2. The van der Waals surface area contributed by atoms with Crippen molar-refractivity contribution >= 4 is 17.8 Å². The van der Waals surface area contributed by atoms with Gasteiger partial charge >= 0.3 is 6.03 Å². The minimum atomic E-state index is -0.429. The normalized spacial score (nSPS) is 14.1. The molecule has 0 aliphatic carbocycles. The Hall–Kier alpha value is -3.15. The molecule has 140 valence electrons. The van der Waals surface area contributed by atoms with Crippen molar-refractivity contribution in [3.63, 3.8) is 0 Å². The molecule has 6 heteroatoms. The van der Waals surface area contributed by atoms with E-state index in [0.29, 0.717) is 6.54 Å². The number of rotatable bonds is 7. The number of imide groups is 1. The highest BCUT2D eigenvalue weighted by molar-refractivity contribution is 6.04. The Labute approximate surface area is 158 Å². The Morgan fingerprint density at radius 1 is 1.00 bits per heavy atom. The molecule has 1 N–H and O–H groups in total. The largest absolute Gasteiger partial charge is 0.355 e. The average Bonchev–Trinajstić information content (AvgIpc) is 2.93. The lowest BCUT2D eigenvalue weighted by molar-refractivity contribution is -0.130. The summed E-state index contributed by atoms with van der Waals surface area (Å²) in [6.07, 6.45) is 0.724. The molecule has 0 spiro atoms. The Morgan fingerprint density at radius 2 is 1.56 bits per heavy atom. The third-order valence-corrected chi connectivity index (χ3v) is 4.69. The molecule has 3 rings (SSSR count). The fourth-order valence-electron chi connectivity index (χ4n) is 3.28. The number of carbonyl (C=O) groups is 3. The molecule has 0 atom stereocenters. The Morgan fingerprint density at radius 3 is 2.04 bits per heavy atom. The van der Waals surface area contributed by atoms with Crippen LogP contribution in [-0.2, 0) is 9.59 Å². The van der Waals surface area contributed by atoms with Crippen LogP contribution in [-0.4, -0.2) is 54.3 Å². The maximum absolute atomic E-state index is 12.2. The van der Waals surface area contributed by atoms with Gasteiger partial charge in [0, 0.05) is 19.5 Å². The molecule has 0 radical (unpaired) electrons. The summed E-state index contributed by atoms with van der Waals surface area (Å²) in [6.45, 7) is 0.249. The zero-order chi connectivity index (χ0) is 19.2. The molecule has 27 heavy (non-hydrogen) atoms. The standard InChI is InChI=1S/C21H23N3O3/c1-23-15-20(26)24(21(23)27)14-19(25)22-13-12-18(16-8-4-2-5-9-16)17-10-6-3-7-11-17/h2-11,18H,12-15H2,1H3,(H,22,25). The van der Waals surface area contributed by atoms with E-state index in [1.54, 1.807) is 7.05 Å². The first-order chi connectivity index (χ1) is 13.1. The zero-order valence-electron chi connectivity index (χ0n) is 15.3. The molecule has 2 aromatic rings. The number of amides is 4. The van der Waals surface area contributed by atoms with Gasteiger partial charge in [-0.1, -0.05) is 60.7 Å². The van der Waals surface area contributed by atoms with Gasteiger partial charge in [-0.2, -0.15) is 0 Å². The molecule has 4 amide bonds. The van der Waals surface area contributed by atoms with Crippen LogP contribution in [0, 0.1) is 0 Å². The van der Waals surface area contributed by atoms with E-state index in [1.165, 1.54) is 16.0 Å². The fraction of sp³-hybridized carbons (Fsp3) is 0.286. The number of carbonyl (C=O) groups excluding carboxylic acids is 3. The second kappa shape index (κ2) is 8.49. The lowest BCUT2D eigenvalue weighted by Crippen LogP contribution is -2.41. The van der Waals surface area contributed by atoms with E-state index in [1.807, 2.05) is 36.4 Å². The number of hydrogen-bond donors (Lipinski definition) is 1. The second-order valence-corrected chi connectivity index (χ2v) is 6.63. The predicted octanol–water partition coefficient (Wildman–Crippen LogP) is 2.22. The summed E-state index contributed by atoms with van der Waals surface area (Å²) >= 11 is 0. The molecular formula is C21H23N3O3. The summed E-state index contributed by atoms with van der Waals surface area (Å²) in [7, 11) is 1.54. The van der Waals surface area contributed by atoms with Crippen molar-refractivity contribution in [1.29, 1.82) is 0 Å². The monoisotopic (exact) mass is 365 g/mol. The first-order valence-electron chi connectivity index (χ1n) is 8.98. The molecule has 1 saturated heterocycles. The van der Waals surface area contributed by atoms with Crippen molar-refractivity contribution in [3.8, 4) is 0 Å². The van der Waals surface area contributed by atoms with E-state index >= 15 is 0 Å². The molecule has 1 fully saturated rings. The smallest absolute Gasteiger partial charge is 0.327 e. The Balaban J connectivity index is 1.59. The number of urea groups is 1. The Bertz CT molecular complexity index is 768. The van der Waals surface area contributed by atoms with Crippen molar-refractivity contribution in [3.05, 3.63) is 71.8 Å². The molecular weight excluding hydrogens is 342 g/mol. The van der Waals surface area contributed by atoms with Gasteiger partial charge in [0.25, 0.3) is 5.91 Å². The highest BCUT2D eigenvalue weighted by Gasteiger charge is 2.34. The minimum Gasteiger partial charge on any atom is -0.355 e. The molecule has 0 saturated carbocycles. The van der Waals surface area contributed by atoms with E-state index in [4.69, 9.17) is 0 Å².